The van der Waals surface area contributed by atoms with E-state index in [2.05, 4.69) is 31.4 Å². The molecule has 0 aliphatic carbocycles. The number of halogens is 1. The lowest BCUT2D eigenvalue weighted by Gasteiger charge is -2.20. The molecule has 1 aliphatic rings. The van der Waals surface area contributed by atoms with E-state index in [9.17, 15) is 0 Å². The quantitative estimate of drug-likeness (QED) is 0.856. The lowest BCUT2D eigenvalue weighted by atomic mass is 9.96. The van der Waals surface area contributed by atoms with Crippen LogP contribution in [0.1, 0.15) is 18.7 Å². The number of nitrogens with zero attached hydrogens (tertiary/aromatic N) is 2. The molecule has 0 saturated carbocycles. The fourth-order valence-electron chi connectivity index (χ4n) is 1.67. The SMILES string of the molecule is Brc1nc(CC2CCCNC2)no1. The summed E-state index contributed by atoms with van der Waals surface area (Å²) < 4.78 is 4.84. The summed E-state index contributed by atoms with van der Waals surface area (Å²) in [5, 5.41) is 7.21. The topological polar surface area (TPSA) is 51.0 Å². The van der Waals surface area contributed by atoms with Crippen LogP contribution in [0.5, 0.6) is 0 Å². The second-order valence-corrected chi connectivity index (χ2v) is 4.06. The standard InChI is InChI=1S/C8H12BrN3O/c9-8-11-7(12-13-8)4-6-2-1-3-10-5-6/h6,10H,1-5H2. The normalized spacial score (nSPS) is 23.3. The first-order valence-corrected chi connectivity index (χ1v) is 5.32. The van der Waals surface area contributed by atoms with Crippen LogP contribution in [0.3, 0.4) is 0 Å². The molecule has 1 aromatic rings. The third-order valence-corrected chi connectivity index (χ3v) is 2.64. The van der Waals surface area contributed by atoms with Crippen molar-refractivity contribution in [2.24, 2.45) is 5.92 Å². The van der Waals surface area contributed by atoms with Crippen LogP contribution >= 0.6 is 15.9 Å². The van der Waals surface area contributed by atoms with Crippen LogP contribution in [-0.4, -0.2) is 23.2 Å². The molecule has 4 nitrogen and oxygen atoms in total. The number of piperidine rings is 1. The summed E-state index contributed by atoms with van der Waals surface area (Å²) in [6.07, 6.45) is 3.44. The first-order valence-electron chi connectivity index (χ1n) is 4.53. The van der Waals surface area contributed by atoms with E-state index in [1.807, 2.05) is 0 Å². The van der Waals surface area contributed by atoms with Crippen LogP contribution in [-0.2, 0) is 6.42 Å². The van der Waals surface area contributed by atoms with E-state index in [1.54, 1.807) is 0 Å². The Morgan fingerprint density at radius 1 is 1.62 bits per heavy atom. The van der Waals surface area contributed by atoms with Gasteiger partial charge in [-0.15, -0.1) is 0 Å². The van der Waals surface area contributed by atoms with Crippen molar-refractivity contribution in [1.82, 2.24) is 15.5 Å². The van der Waals surface area contributed by atoms with Gasteiger partial charge in [-0.3, -0.25) is 0 Å². The van der Waals surface area contributed by atoms with Crippen LogP contribution in [0.4, 0.5) is 0 Å². The van der Waals surface area contributed by atoms with Crippen LogP contribution in [0, 0.1) is 5.92 Å². The summed E-state index contributed by atoms with van der Waals surface area (Å²) in [5.41, 5.74) is 0. The maximum atomic E-state index is 4.84. The molecule has 1 atom stereocenters. The van der Waals surface area contributed by atoms with Crippen LogP contribution in [0.15, 0.2) is 9.32 Å². The number of hydrogen-bond acceptors (Lipinski definition) is 4. The summed E-state index contributed by atoms with van der Waals surface area (Å²) in [4.78, 5) is 4.59. The van der Waals surface area contributed by atoms with Crippen molar-refractivity contribution < 1.29 is 4.52 Å². The van der Waals surface area contributed by atoms with E-state index in [-0.39, 0.29) is 0 Å². The van der Waals surface area contributed by atoms with Gasteiger partial charge in [-0.2, -0.15) is 4.98 Å². The third kappa shape index (κ3) is 2.51. The minimum Gasteiger partial charge on any atom is -0.327 e. The predicted molar refractivity (Wildman–Crippen MR) is 51.3 cm³/mol. The molecule has 1 fully saturated rings. The van der Waals surface area contributed by atoms with Gasteiger partial charge in [0.15, 0.2) is 5.82 Å². The maximum Gasteiger partial charge on any atom is 0.293 e. The Morgan fingerprint density at radius 2 is 2.54 bits per heavy atom. The third-order valence-electron chi connectivity index (χ3n) is 2.31. The molecule has 1 saturated heterocycles. The van der Waals surface area contributed by atoms with Crippen molar-refractivity contribution in [3.05, 3.63) is 10.6 Å². The van der Waals surface area contributed by atoms with Crippen molar-refractivity contribution in [1.29, 1.82) is 0 Å². The average Bonchev–Trinajstić information content (AvgIpc) is 2.53. The van der Waals surface area contributed by atoms with Gasteiger partial charge in [0.1, 0.15) is 0 Å². The van der Waals surface area contributed by atoms with Crippen LogP contribution < -0.4 is 5.32 Å². The smallest absolute Gasteiger partial charge is 0.293 e. The van der Waals surface area contributed by atoms with E-state index in [0.29, 0.717) is 10.7 Å². The Hall–Kier alpha value is -0.420. The van der Waals surface area contributed by atoms with E-state index < -0.39 is 0 Å². The van der Waals surface area contributed by atoms with Gasteiger partial charge < -0.3 is 9.84 Å². The zero-order valence-corrected chi connectivity index (χ0v) is 8.88. The first kappa shape index (κ1) is 9.15. The van der Waals surface area contributed by atoms with E-state index in [4.69, 9.17) is 4.52 Å². The lowest BCUT2D eigenvalue weighted by molar-refractivity contribution is 0.354. The van der Waals surface area contributed by atoms with Crippen LogP contribution in [0.25, 0.3) is 0 Å². The van der Waals surface area contributed by atoms with Gasteiger partial charge in [0.2, 0.25) is 0 Å². The highest BCUT2D eigenvalue weighted by Crippen LogP contribution is 2.15. The van der Waals surface area contributed by atoms with Gasteiger partial charge in [0, 0.05) is 22.4 Å². The van der Waals surface area contributed by atoms with Crippen molar-refractivity contribution in [2.75, 3.05) is 13.1 Å². The molecule has 1 aliphatic heterocycles. The Morgan fingerprint density at radius 3 is 3.15 bits per heavy atom. The highest BCUT2D eigenvalue weighted by molar-refractivity contribution is 9.10. The number of hydrogen-bond donors (Lipinski definition) is 1. The first-order chi connectivity index (χ1) is 6.34. The van der Waals surface area contributed by atoms with Gasteiger partial charge in [0.25, 0.3) is 4.80 Å². The lowest BCUT2D eigenvalue weighted by Crippen LogP contribution is -2.31. The summed E-state index contributed by atoms with van der Waals surface area (Å²) in [6.45, 7) is 2.22. The Labute approximate surface area is 85.2 Å². The van der Waals surface area contributed by atoms with E-state index in [1.165, 1.54) is 12.8 Å². The second-order valence-electron chi connectivity index (χ2n) is 3.38. The highest BCUT2D eigenvalue weighted by Gasteiger charge is 2.16. The predicted octanol–water partition coefficient (Wildman–Crippen LogP) is 1.37. The molecule has 0 aromatic carbocycles. The largest absolute Gasteiger partial charge is 0.327 e. The summed E-state index contributed by atoms with van der Waals surface area (Å²) >= 11 is 3.14. The Balaban J connectivity index is 1.89. The molecule has 0 radical (unpaired) electrons. The minimum atomic E-state index is 0.478. The molecule has 1 unspecified atom stereocenters. The number of nitrogens with one attached hydrogen (secondary N) is 1. The molecule has 2 rings (SSSR count). The molecular weight excluding hydrogens is 234 g/mol. The zero-order chi connectivity index (χ0) is 9.10. The molecule has 5 heteroatoms. The minimum absolute atomic E-state index is 0.478. The van der Waals surface area contributed by atoms with Crippen molar-refractivity contribution >= 4 is 15.9 Å². The average molecular weight is 246 g/mol. The van der Waals surface area contributed by atoms with Gasteiger partial charge in [0.05, 0.1) is 0 Å². The summed E-state index contributed by atoms with van der Waals surface area (Å²) in [7, 11) is 0. The van der Waals surface area contributed by atoms with Gasteiger partial charge in [-0.25, -0.2) is 0 Å². The fourth-order valence-corrected chi connectivity index (χ4v) is 1.95. The molecule has 1 N–H and O–H groups in total. The molecule has 0 amide bonds. The second kappa shape index (κ2) is 4.19. The molecule has 0 spiro atoms. The van der Waals surface area contributed by atoms with Crippen LogP contribution in [0.2, 0.25) is 0 Å². The van der Waals surface area contributed by atoms with Gasteiger partial charge >= 0.3 is 0 Å². The molecule has 2 heterocycles. The Kier molecular flexibility index (Phi) is 2.95. The molecule has 1 aromatic heterocycles. The van der Waals surface area contributed by atoms with Gasteiger partial charge in [-0.05, 0) is 31.8 Å². The molecular formula is C8H12BrN3O. The van der Waals surface area contributed by atoms with E-state index >= 15 is 0 Å². The van der Waals surface area contributed by atoms with Crippen molar-refractivity contribution in [3.8, 4) is 0 Å². The maximum absolute atomic E-state index is 4.84. The van der Waals surface area contributed by atoms with E-state index in [0.717, 1.165) is 25.3 Å². The molecule has 0 bridgehead atoms. The molecule has 72 valence electrons. The number of aromatic nitrogens is 2. The number of rotatable bonds is 2. The molecule has 13 heavy (non-hydrogen) atoms. The highest BCUT2D eigenvalue weighted by atomic mass is 79.9. The van der Waals surface area contributed by atoms with Crippen molar-refractivity contribution in [3.63, 3.8) is 0 Å². The van der Waals surface area contributed by atoms with Crippen molar-refractivity contribution in [2.45, 2.75) is 19.3 Å². The summed E-state index contributed by atoms with van der Waals surface area (Å²) in [5.74, 6) is 1.47. The zero-order valence-electron chi connectivity index (χ0n) is 7.29. The summed E-state index contributed by atoms with van der Waals surface area (Å²) in [6, 6.07) is 0. The van der Waals surface area contributed by atoms with Gasteiger partial charge in [-0.1, -0.05) is 5.16 Å². The Bertz CT molecular complexity index is 270. The fraction of sp³-hybridized carbons (Fsp3) is 0.750. The monoisotopic (exact) mass is 245 g/mol.